The number of benzene rings is 1. The fourth-order valence-corrected chi connectivity index (χ4v) is 2.25. The molecule has 6 heteroatoms. The van der Waals surface area contributed by atoms with Crippen molar-refractivity contribution in [2.75, 3.05) is 0 Å². The zero-order valence-corrected chi connectivity index (χ0v) is 12.4. The topological polar surface area (TPSA) is 76.9 Å². The molecule has 0 radical (unpaired) electrons. The van der Waals surface area contributed by atoms with Crippen molar-refractivity contribution in [3.05, 3.63) is 45.7 Å². The molecule has 0 aliphatic rings. The number of amidine groups is 1. The highest BCUT2D eigenvalue weighted by molar-refractivity contribution is 9.10. The third-order valence-corrected chi connectivity index (χ3v) is 3.83. The molecule has 5 nitrogen and oxygen atoms in total. The molecule has 0 saturated heterocycles. The van der Waals surface area contributed by atoms with E-state index in [2.05, 4.69) is 21.0 Å². The molecule has 0 aliphatic carbocycles. The van der Waals surface area contributed by atoms with Crippen molar-refractivity contribution in [1.29, 1.82) is 5.41 Å². The number of aryl methyl sites for hydroxylation is 2. The van der Waals surface area contributed by atoms with Gasteiger partial charge in [-0.1, -0.05) is 12.1 Å². The first-order valence-corrected chi connectivity index (χ1v) is 6.54. The van der Waals surface area contributed by atoms with Gasteiger partial charge in [-0.15, -0.1) is 0 Å². The molecule has 0 unspecified atom stereocenters. The lowest BCUT2D eigenvalue weighted by atomic mass is 10.2. The average Bonchev–Trinajstić information content (AvgIpc) is 2.61. The predicted octanol–water partition coefficient (Wildman–Crippen LogP) is 2.35. The van der Waals surface area contributed by atoms with Gasteiger partial charge in [0.05, 0.1) is 21.4 Å². The van der Waals surface area contributed by atoms with Crippen LogP contribution in [0.5, 0.6) is 5.75 Å². The van der Waals surface area contributed by atoms with Crippen LogP contribution in [0.2, 0.25) is 0 Å². The summed E-state index contributed by atoms with van der Waals surface area (Å²) >= 11 is 3.49. The Morgan fingerprint density at radius 3 is 2.74 bits per heavy atom. The van der Waals surface area contributed by atoms with Gasteiger partial charge in [-0.25, -0.2) is 0 Å². The van der Waals surface area contributed by atoms with Crippen LogP contribution < -0.4 is 10.5 Å². The van der Waals surface area contributed by atoms with Crippen molar-refractivity contribution in [2.24, 2.45) is 12.8 Å². The van der Waals surface area contributed by atoms with Crippen LogP contribution in [0.4, 0.5) is 0 Å². The smallest absolute Gasteiger partial charge is 0.131 e. The number of rotatable bonds is 4. The molecule has 0 aliphatic heterocycles. The van der Waals surface area contributed by atoms with Crippen LogP contribution in [0, 0.1) is 12.3 Å². The van der Waals surface area contributed by atoms with Gasteiger partial charge in [0.2, 0.25) is 0 Å². The Bertz CT molecular complexity index is 621. The molecule has 3 N–H and O–H groups in total. The summed E-state index contributed by atoms with van der Waals surface area (Å²) < 4.78 is 8.46. The molecule has 0 saturated carbocycles. The maximum absolute atomic E-state index is 7.52. The first-order valence-electron chi connectivity index (χ1n) is 5.75. The number of hydrogen-bond acceptors (Lipinski definition) is 3. The number of ether oxygens (including phenoxy) is 1. The molecule has 1 aromatic carbocycles. The molecule has 2 rings (SSSR count). The number of hydrogen-bond donors (Lipinski definition) is 2. The Labute approximate surface area is 120 Å². The summed E-state index contributed by atoms with van der Waals surface area (Å²) in [6.07, 6.45) is 0. The second-order valence-electron chi connectivity index (χ2n) is 4.17. The third kappa shape index (κ3) is 2.78. The predicted molar refractivity (Wildman–Crippen MR) is 77.4 cm³/mol. The van der Waals surface area contributed by atoms with Crippen LogP contribution >= 0.6 is 15.9 Å². The SMILES string of the molecule is Cc1nn(C)c(COc2ccccc2C(=N)N)c1Br. The average molecular weight is 323 g/mol. The van der Waals surface area contributed by atoms with Gasteiger partial charge in [0.25, 0.3) is 0 Å². The number of nitrogens with two attached hydrogens (primary N) is 1. The molecule has 0 bridgehead atoms. The van der Waals surface area contributed by atoms with Crippen LogP contribution in [-0.4, -0.2) is 15.6 Å². The van der Waals surface area contributed by atoms with Gasteiger partial charge in [0.1, 0.15) is 18.2 Å². The standard InChI is InChI=1S/C13H15BrN4O/c1-8-12(14)10(18(2)17-8)7-19-11-6-4-3-5-9(11)13(15)16/h3-6H,7H2,1-2H3,(H3,15,16). The van der Waals surface area contributed by atoms with E-state index in [1.165, 1.54) is 0 Å². The van der Waals surface area contributed by atoms with Crippen molar-refractivity contribution in [1.82, 2.24) is 9.78 Å². The number of para-hydroxylation sites is 1. The van der Waals surface area contributed by atoms with Crippen LogP contribution in [0.15, 0.2) is 28.7 Å². The van der Waals surface area contributed by atoms with Crippen molar-refractivity contribution < 1.29 is 4.74 Å². The molecule has 2 aromatic rings. The second kappa shape index (κ2) is 5.44. The lowest BCUT2D eigenvalue weighted by Gasteiger charge is -2.10. The highest BCUT2D eigenvalue weighted by Gasteiger charge is 2.12. The van der Waals surface area contributed by atoms with Gasteiger partial charge in [-0.3, -0.25) is 10.1 Å². The quantitative estimate of drug-likeness (QED) is 0.670. The lowest BCUT2D eigenvalue weighted by molar-refractivity contribution is 0.293. The number of nitrogen functional groups attached to an aromatic ring is 1. The van der Waals surface area contributed by atoms with E-state index >= 15 is 0 Å². The van der Waals surface area contributed by atoms with Gasteiger partial charge >= 0.3 is 0 Å². The van der Waals surface area contributed by atoms with Gasteiger partial charge in [-0.2, -0.15) is 5.10 Å². The molecular weight excluding hydrogens is 308 g/mol. The van der Waals surface area contributed by atoms with Crippen molar-refractivity contribution in [3.8, 4) is 5.75 Å². The monoisotopic (exact) mass is 322 g/mol. The molecule has 1 heterocycles. The molecule has 0 amide bonds. The zero-order chi connectivity index (χ0) is 14.0. The minimum absolute atomic E-state index is 0.00384. The Kier molecular flexibility index (Phi) is 3.90. The minimum Gasteiger partial charge on any atom is -0.487 e. The van der Waals surface area contributed by atoms with E-state index in [0.717, 1.165) is 15.9 Å². The number of nitrogens with one attached hydrogen (secondary N) is 1. The van der Waals surface area contributed by atoms with Crippen LogP contribution in [0.3, 0.4) is 0 Å². The minimum atomic E-state index is -0.00384. The van der Waals surface area contributed by atoms with Gasteiger partial charge in [0.15, 0.2) is 0 Å². The molecule has 1 aromatic heterocycles. The summed E-state index contributed by atoms with van der Waals surface area (Å²) in [7, 11) is 1.87. The van der Waals surface area contributed by atoms with Crippen molar-refractivity contribution in [3.63, 3.8) is 0 Å². The van der Waals surface area contributed by atoms with E-state index in [9.17, 15) is 0 Å². The maximum atomic E-state index is 7.52. The van der Waals surface area contributed by atoms with Crippen molar-refractivity contribution >= 4 is 21.8 Å². The molecule has 100 valence electrons. The molecule has 19 heavy (non-hydrogen) atoms. The van der Waals surface area contributed by atoms with E-state index in [-0.39, 0.29) is 5.84 Å². The van der Waals surface area contributed by atoms with Crippen LogP contribution in [0.1, 0.15) is 17.0 Å². The number of nitrogens with zero attached hydrogens (tertiary/aromatic N) is 2. The summed E-state index contributed by atoms with van der Waals surface area (Å²) in [5.74, 6) is 0.594. The Hall–Kier alpha value is -1.82. The Morgan fingerprint density at radius 1 is 1.47 bits per heavy atom. The lowest BCUT2D eigenvalue weighted by Crippen LogP contribution is -2.13. The van der Waals surface area contributed by atoms with Gasteiger partial charge < -0.3 is 10.5 Å². The first-order chi connectivity index (χ1) is 9.00. The summed E-state index contributed by atoms with van der Waals surface area (Å²) in [5, 5.41) is 11.8. The molecule has 0 atom stereocenters. The van der Waals surface area contributed by atoms with E-state index in [1.54, 1.807) is 16.8 Å². The first kappa shape index (κ1) is 13.6. The van der Waals surface area contributed by atoms with Gasteiger partial charge in [0, 0.05) is 7.05 Å². The Balaban J connectivity index is 2.22. The van der Waals surface area contributed by atoms with Crippen LogP contribution in [0.25, 0.3) is 0 Å². The summed E-state index contributed by atoms with van der Waals surface area (Å²) in [4.78, 5) is 0. The summed E-state index contributed by atoms with van der Waals surface area (Å²) in [5.41, 5.74) is 7.98. The number of aromatic nitrogens is 2. The Morgan fingerprint density at radius 2 is 2.16 bits per heavy atom. The third-order valence-electron chi connectivity index (χ3n) is 2.80. The van der Waals surface area contributed by atoms with Crippen molar-refractivity contribution in [2.45, 2.75) is 13.5 Å². The molecular formula is C13H15BrN4O. The number of halogens is 1. The fourth-order valence-electron chi connectivity index (χ4n) is 1.80. The van der Waals surface area contributed by atoms with E-state index in [0.29, 0.717) is 17.9 Å². The highest BCUT2D eigenvalue weighted by atomic mass is 79.9. The van der Waals surface area contributed by atoms with Gasteiger partial charge in [-0.05, 0) is 35.0 Å². The fraction of sp³-hybridized carbons (Fsp3) is 0.231. The second-order valence-corrected chi connectivity index (χ2v) is 4.96. The van der Waals surface area contributed by atoms with E-state index in [4.69, 9.17) is 15.9 Å². The van der Waals surface area contributed by atoms with E-state index in [1.807, 2.05) is 26.1 Å². The molecule has 0 fully saturated rings. The maximum Gasteiger partial charge on any atom is 0.131 e. The zero-order valence-electron chi connectivity index (χ0n) is 10.8. The van der Waals surface area contributed by atoms with Crippen LogP contribution in [-0.2, 0) is 13.7 Å². The molecule has 0 spiro atoms. The normalized spacial score (nSPS) is 10.5. The van der Waals surface area contributed by atoms with E-state index < -0.39 is 0 Å². The summed E-state index contributed by atoms with van der Waals surface area (Å²) in [6, 6.07) is 7.24. The summed E-state index contributed by atoms with van der Waals surface area (Å²) in [6.45, 7) is 2.29. The highest BCUT2D eigenvalue weighted by Crippen LogP contribution is 2.23. The largest absolute Gasteiger partial charge is 0.487 e.